The highest BCUT2D eigenvalue weighted by atomic mass is 16.5. The molecule has 3 rings (SSSR count). The van der Waals surface area contributed by atoms with Crippen molar-refractivity contribution in [3.8, 4) is 0 Å². The van der Waals surface area contributed by atoms with Gasteiger partial charge in [-0.15, -0.1) is 0 Å². The van der Waals surface area contributed by atoms with Gasteiger partial charge in [0.05, 0.1) is 12.6 Å². The minimum absolute atomic E-state index is 0.143. The number of hydrogen-bond acceptors (Lipinski definition) is 5. The van der Waals surface area contributed by atoms with Gasteiger partial charge in [-0.05, 0) is 30.9 Å². The lowest BCUT2D eigenvalue weighted by Crippen LogP contribution is -2.54. The van der Waals surface area contributed by atoms with E-state index in [1.807, 2.05) is 44.2 Å². The maximum atomic E-state index is 13.1. The first-order valence-electron chi connectivity index (χ1n) is 9.47. The van der Waals surface area contributed by atoms with Gasteiger partial charge in [0.15, 0.2) is 0 Å². The van der Waals surface area contributed by atoms with Crippen LogP contribution in [0.3, 0.4) is 0 Å². The Morgan fingerprint density at radius 3 is 2.64 bits per heavy atom. The summed E-state index contributed by atoms with van der Waals surface area (Å²) >= 11 is 0. The molecule has 1 aromatic heterocycles. The molecule has 7 heteroatoms. The number of hydrogen-bond donors (Lipinski definition) is 1. The van der Waals surface area contributed by atoms with Crippen LogP contribution < -0.4 is 5.32 Å². The van der Waals surface area contributed by atoms with Crippen molar-refractivity contribution in [2.45, 2.75) is 38.8 Å². The Morgan fingerprint density at radius 1 is 1.18 bits per heavy atom. The molecule has 1 aromatic carbocycles. The molecule has 1 fully saturated rings. The van der Waals surface area contributed by atoms with Gasteiger partial charge in [-0.25, -0.2) is 9.78 Å². The summed E-state index contributed by atoms with van der Waals surface area (Å²) in [5.41, 5.74) is 0.968. The minimum Gasteiger partial charge on any atom is -0.467 e. The van der Waals surface area contributed by atoms with Crippen LogP contribution >= 0.6 is 0 Å². The zero-order valence-corrected chi connectivity index (χ0v) is 16.3. The van der Waals surface area contributed by atoms with Crippen molar-refractivity contribution < 1.29 is 19.1 Å². The third kappa shape index (κ3) is 3.98. The van der Waals surface area contributed by atoms with Crippen LogP contribution in [0.1, 0.15) is 37.2 Å². The van der Waals surface area contributed by atoms with E-state index in [0.29, 0.717) is 18.5 Å². The molecule has 1 aliphatic heterocycles. The van der Waals surface area contributed by atoms with Crippen molar-refractivity contribution in [1.82, 2.24) is 15.2 Å². The number of rotatable bonds is 5. The largest absolute Gasteiger partial charge is 0.467 e. The highest BCUT2D eigenvalue weighted by molar-refractivity contribution is 5.98. The van der Waals surface area contributed by atoms with Crippen LogP contribution in [0.2, 0.25) is 0 Å². The number of esters is 1. The average Bonchev–Trinajstić information content (AvgIpc) is 3.20. The summed E-state index contributed by atoms with van der Waals surface area (Å²) in [6, 6.07) is 9.67. The van der Waals surface area contributed by atoms with Crippen LogP contribution in [0.4, 0.5) is 0 Å². The Kier molecular flexibility index (Phi) is 5.92. The molecule has 1 N–H and O–H groups in total. The van der Waals surface area contributed by atoms with E-state index in [9.17, 15) is 14.4 Å². The second-order valence-electron chi connectivity index (χ2n) is 7.30. The van der Waals surface area contributed by atoms with Crippen molar-refractivity contribution in [2.75, 3.05) is 13.7 Å². The quantitative estimate of drug-likeness (QED) is 0.800. The number of ether oxygens (including phenoxy) is 1. The van der Waals surface area contributed by atoms with E-state index in [-0.39, 0.29) is 17.5 Å². The predicted molar refractivity (Wildman–Crippen MR) is 105 cm³/mol. The molecule has 2 atom stereocenters. The second-order valence-corrected chi connectivity index (χ2v) is 7.30. The van der Waals surface area contributed by atoms with Crippen molar-refractivity contribution in [2.24, 2.45) is 5.92 Å². The van der Waals surface area contributed by atoms with E-state index in [2.05, 4.69) is 10.3 Å². The van der Waals surface area contributed by atoms with Gasteiger partial charge in [0.2, 0.25) is 5.91 Å². The number of carbonyl (C=O) groups is 3. The maximum Gasteiger partial charge on any atom is 0.328 e. The fraction of sp³-hybridized carbons (Fsp3) is 0.429. The minimum atomic E-state index is -0.744. The zero-order valence-electron chi connectivity index (χ0n) is 16.3. The van der Waals surface area contributed by atoms with E-state index < -0.39 is 24.0 Å². The van der Waals surface area contributed by atoms with Gasteiger partial charge >= 0.3 is 5.97 Å². The van der Waals surface area contributed by atoms with Crippen molar-refractivity contribution in [3.05, 3.63) is 42.1 Å². The number of pyridine rings is 1. The standard InChI is InChI=1S/C21H25N3O4/c1-13(2)18(20(26)24-12-6-9-17(24)21(27)28-3)23-19(25)16-11-10-14-7-4-5-8-15(14)22-16/h4-5,7-8,10-11,13,17-18H,6,9,12H2,1-3H3,(H,23,25)/t17-,18-/m0/s1. The van der Waals surface area contributed by atoms with E-state index in [1.54, 1.807) is 6.07 Å². The lowest BCUT2D eigenvalue weighted by Gasteiger charge is -2.29. The van der Waals surface area contributed by atoms with Gasteiger partial charge < -0.3 is 15.0 Å². The van der Waals surface area contributed by atoms with Crippen molar-refractivity contribution in [3.63, 3.8) is 0 Å². The molecule has 0 unspecified atom stereocenters. The highest BCUT2D eigenvalue weighted by Gasteiger charge is 2.39. The van der Waals surface area contributed by atoms with Crippen LogP contribution in [-0.2, 0) is 14.3 Å². The third-order valence-corrected chi connectivity index (χ3v) is 5.06. The van der Waals surface area contributed by atoms with Gasteiger partial charge in [0, 0.05) is 11.9 Å². The molecule has 0 aliphatic carbocycles. The van der Waals surface area contributed by atoms with Crippen LogP contribution in [0, 0.1) is 5.92 Å². The van der Waals surface area contributed by atoms with E-state index in [4.69, 9.17) is 4.74 Å². The number of methoxy groups -OCH3 is 1. The number of nitrogens with zero attached hydrogens (tertiary/aromatic N) is 2. The number of amides is 2. The molecule has 0 bridgehead atoms. The first kappa shape index (κ1) is 19.8. The molecular formula is C21H25N3O4. The molecule has 0 spiro atoms. The molecule has 1 saturated heterocycles. The maximum absolute atomic E-state index is 13.1. The first-order chi connectivity index (χ1) is 13.4. The Morgan fingerprint density at radius 2 is 1.93 bits per heavy atom. The summed E-state index contributed by atoms with van der Waals surface area (Å²) in [5.74, 6) is -1.24. The van der Waals surface area contributed by atoms with Crippen LogP contribution in [0.5, 0.6) is 0 Å². The van der Waals surface area contributed by atoms with Crippen LogP contribution in [0.15, 0.2) is 36.4 Å². The summed E-state index contributed by atoms with van der Waals surface area (Å²) in [5, 5.41) is 3.75. The summed E-state index contributed by atoms with van der Waals surface area (Å²) < 4.78 is 4.82. The highest BCUT2D eigenvalue weighted by Crippen LogP contribution is 2.21. The molecule has 1 aliphatic rings. The molecular weight excluding hydrogens is 358 g/mol. The molecule has 2 heterocycles. The Hall–Kier alpha value is -2.96. The Bertz CT molecular complexity index is 896. The van der Waals surface area contributed by atoms with Gasteiger partial charge in [-0.3, -0.25) is 9.59 Å². The number of likely N-dealkylation sites (tertiary alicyclic amines) is 1. The van der Waals surface area contributed by atoms with E-state index in [0.717, 1.165) is 11.8 Å². The smallest absolute Gasteiger partial charge is 0.328 e. The first-order valence-corrected chi connectivity index (χ1v) is 9.47. The lowest BCUT2D eigenvalue weighted by atomic mass is 10.0. The predicted octanol–water partition coefficient (Wildman–Crippen LogP) is 2.15. The average molecular weight is 383 g/mol. The monoisotopic (exact) mass is 383 g/mol. The summed E-state index contributed by atoms with van der Waals surface area (Å²) in [4.78, 5) is 43.7. The molecule has 0 radical (unpaired) electrons. The lowest BCUT2D eigenvalue weighted by molar-refractivity contribution is -0.151. The zero-order chi connectivity index (χ0) is 20.3. The molecule has 2 amide bonds. The topological polar surface area (TPSA) is 88.6 Å². The van der Waals surface area contributed by atoms with Crippen LogP contribution in [0.25, 0.3) is 10.9 Å². The van der Waals surface area contributed by atoms with Gasteiger partial charge in [-0.2, -0.15) is 0 Å². The second kappa shape index (κ2) is 8.37. The fourth-order valence-corrected chi connectivity index (χ4v) is 3.51. The normalized spacial score (nSPS) is 17.6. The summed E-state index contributed by atoms with van der Waals surface area (Å²) in [6.07, 6.45) is 1.31. The summed E-state index contributed by atoms with van der Waals surface area (Å²) in [7, 11) is 1.32. The number of nitrogens with one attached hydrogen (secondary N) is 1. The van der Waals surface area contributed by atoms with Gasteiger partial charge in [-0.1, -0.05) is 38.1 Å². The van der Waals surface area contributed by atoms with Crippen molar-refractivity contribution in [1.29, 1.82) is 0 Å². The molecule has 2 aromatic rings. The molecule has 28 heavy (non-hydrogen) atoms. The molecule has 148 valence electrons. The number of fused-ring (bicyclic) bond motifs is 1. The number of aromatic nitrogens is 1. The van der Waals surface area contributed by atoms with E-state index >= 15 is 0 Å². The molecule has 7 nitrogen and oxygen atoms in total. The number of para-hydroxylation sites is 1. The summed E-state index contributed by atoms with van der Waals surface area (Å²) in [6.45, 7) is 4.20. The van der Waals surface area contributed by atoms with Crippen molar-refractivity contribution >= 4 is 28.7 Å². The SMILES string of the molecule is COC(=O)[C@@H]1CCCN1C(=O)[C@@H](NC(=O)c1ccc2ccccc2n1)C(C)C. The van der Waals surface area contributed by atoms with Gasteiger partial charge in [0.1, 0.15) is 17.8 Å². The fourth-order valence-electron chi connectivity index (χ4n) is 3.51. The number of benzene rings is 1. The Balaban J connectivity index is 1.79. The number of carbonyl (C=O) groups excluding carboxylic acids is 3. The third-order valence-electron chi connectivity index (χ3n) is 5.06. The van der Waals surface area contributed by atoms with Gasteiger partial charge in [0.25, 0.3) is 5.91 Å². The molecule has 0 saturated carbocycles. The van der Waals surface area contributed by atoms with Crippen LogP contribution in [-0.4, -0.2) is 53.4 Å². The Labute approximate surface area is 164 Å². The van der Waals surface area contributed by atoms with E-state index in [1.165, 1.54) is 12.0 Å².